The van der Waals surface area contributed by atoms with Gasteiger partial charge in [0.15, 0.2) is 0 Å². The molecule has 0 saturated carbocycles. The predicted molar refractivity (Wildman–Crippen MR) is 83.8 cm³/mol. The molecule has 1 N–H and O–H groups in total. The van der Waals surface area contributed by atoms with Crippen molar-refractivity contribution in [2.24, 2.45) is 0 Å². The van der Waals surface area contributed by atoms with Gasteiger partial charge >= 0.3 is 0 Å². The van der Waals surface area contributed by atoms with E-state index in [1.807, 2.05) is 12.3 Å². The highest BCUT2D eigenvalue weighted by Crippen LogP contribution is 2.21. The lowest BCUT2D eigenvalue weighted by Crippen LogP contribution is -2.00. The molecule has 3 nitrogen and oxygen atoms in total. The summed E-state index contributed by atoms with van der Waals surface area (Å²) in [5, 5.41) is 4.65. The van der Waals surface area contributed by atoms with Crippen LogP contribution in [0.25, 0.3) is 10.9 Å². The lowest BCUT2D eigenvalue weighted by Gasteiger charge is -2.08. The molecule has 2 heterocycles. The van der Waals surface area contributed by atoms with Crippen molar-refractivity contribution < 1.29 is 0 Å². The van der Waals surface area contributed by atoms with Crippen LogP contribution in [0.1, 0.15) is 18.9 Å². The Balaban J connectivity index is 1.76. The summed E-state index contributed by atoms with van der Waals surface area (Å²) < 4.78 is 2.23. The van der Waals surface area contributed by atoms with Gasteiger partial charge in [-0.25, -0.2) is 0 Å². The Morgan fingerprint density at radius 2 is 2.05 bits per heavy atom. The van der Waals surface area contributed by atoms with Crippen molar-refractivity contribution in [2.75, 3.05) is 5.32 Å². The van der Waals surface area contributed by atoms with Gasteiger partial charge in [0, 0.05) is 37.1 Å². The van der Waals surface area contributed by atoms with E-state index in [-0.39, 0.29) is 0 Å². The molecule has 0 radical (unpaired) electrons. The van der Waals surface area contributed by atoms with Crippen LogP contribution in [-0.4, -0.2) is 9.55 Å². The zero-order chi connectivity index (χ0) is 13.8. The molecule has 0 unspecified atom stereocenters. The van der Waals surface area contributed by atoms with Crippen molar-refractivity contribution in [3.63, 3.8) is 0 Å². The average Bonchev–Trinajstić information content (AvgIpc) is 2.93. The van der Waals surface area contributed by atoms with Crippen LogP contribution in [0, 0.1) is 0 Å². The Hall–Kier alpha value is -2.29. The molecule has 0 aliphatic heterocycles. The molecule has 102 valence electrons. The number of nitrogens with zero attached hydrogens (tertiary/aromatic N) is 2. The van der Waals surface area contributed by atoms with Crippen molar-refractivity contribution in [1.82, 2.24) is 9.55 Å². The normalized spacial score (nSPS) is 10.8. The van der Waals surface area contributed by atoms with Crippen molar-refractivity contribution in [3.8, 4) is 0 Å². The second-order valence-corrected chi connectivity index (χ2v) is 4.99. The molecule has 0 fully saturated rings. The minimum absolute atomic E-state index is 0.826. The van der Waals surface area contributed by atoms with E-state index in [4.69, 9.17) is 0 Å². The highest BCUT2D eigenvalue weighted by atomic mass is 14.9. The molecule has 0 saturated heterocycles. The van der Waals surface area contributed by atoms with Crippen molar-refractivity contribution in [2.45, 2.75) is 26.4 Å². The zero-order valence-corrected chi connectivity index (χ0v) is 11.7. The van der Waals surface area contributed by atoms with E-state index < -0.39 is 0 Å². The van der Waals surface area contributed by atoms with Crippen LogP contribution in [0.3, 0.4) is 0 Å². The number of aryl methyl sites for hydroxylation is 1. The minimum atomic E-state index is 0.826. The Morgan fingerprint density at radius 3 is 2.95 bits per heavy atom. The number of hydrogen-bond acceptors (Lipinski definition) is 2. The highest BCUT2D eigenvalue weighted by Gasteiger charge is 2.02. The Bertz CT molecular complexity index is 695. The first-order chi connectivity index (χ1) is 9.86. The number of hydrogen-bond donors (Lipinski definition) is 1. The molecular weight excluding hydrogens is 246 g/mol. The van der Waals surface area contributed by atoms with Gasteiger partial charge in [0.2, 0.25) is 0 Å². The second-order valence-electron chi connectivity index (χ2n) is 4.99. The van der Waals surface area contributed by atoms with Crippen LogP contribution < -0.4 is 5.32 Å². The van der Waals surface area contributed by atoms with Gasteiger partial charge in [0.25, 0.3) is 0 Å². The summed E-state index contributed by atoms with van der Waals surface area (Å²) in [4.78, 5) is 4.46. The maximum Gasteiger partial charge on any atom is 0.0933 e. The first-order valence-electron chi connectivity index (χ1n) is 7.09. The Kier molecular flexibility index (Phi) is 3.68. The van der Waals surface area contributed by atoms with E-state index in [2.05, 4.69) is 64.5 Å². The lowest BCUT2D eigenvalue weighted by molar-refractivity contribution is 0.682. The first kappa shape index (κ1) is 12.7. The van der Waals surface area contributed by atoms with E-state index in [0.29, 0.717) is 0 Å². The van der Waals surface area contributed by atoms with Gasteiger partial charge in [-0.3, -0.25) is 4.98 Å². The molecule has 2 aromatic heterocycles. The van der Waals surface area contributed by atoms with Gasteiger partial charge in [-0.2, -0.15) is 0 Å². The van der Waals surface area contributed by atoms with E-state index in [1.165, 1.54) is 10.9 Å². The summed E-state index contributed by atoms with van der Waals surface area (Å²) in [7, 11) is 0. The summed E-state index contributed by atoms with van der Waals surface area (Å²) in [5.41, 5.74) is 3.42. The quantitative estimate of drug-likeness (QED) is 0.754. The minimum Gasteiger partial charge on any atom is -0.379 e. The van der Waals surface area contributed by atoms with Crippen LogP contribution in [-0.2, 0) is 13.1 Å². The van der Waals surface area contributed by atoms with Crippen molar-refractivity contribution in [3.05, 3.63) is 60.6 Å². The predicted octanol–water partition coefficient (Wildman–Crippen LogP) is 4.06. The van der Waals surface area contributed by atoms with Gasteiger partial charge < -0.3 is 9.88 Å². The van der Waals surface area contributed by atoms with E-state index in [1.54, 1.807) is 0 Å². The van der Waals surface area contributed by atoms with Gasteiger partial charge in [-0.1, -0.05) is 25.1 Å². The summed E-state index contributed by atoms with van der Waals surface area (Å²) >= 11 is 0. The Labute approximate surface area is 119 Å². The SMILES string of the molecule is CCCn1ccc(CNc2cccc3cccnc23)c1. The number of pyridine rings is 1. The van der Waals surface area contributed by atoms with Crippen molar-refractivity contribution in [1.29, 1.82) is 0 Å². The summed E-state index contributed by atoms with van der Waals surface area (Å²) in [6.07, 6.45) is 7.34. The molecular formula is C17H19N3. The topological polar surface area (TPSA) is 29.9 Å². The molecule has 0 amide bonds. The summed E-state index contributed by atoms with van der Waals surface area (Å²) in [6, 6.07) is 12.5. The van der Waals surface area contributed by atoms with E-state index in [9.17, 15) is 0 Å². The van der Waals surface area contributed by atoms with Gasteiger partial charge in [0.05, 0.1) is 11.2 Å². The van der Waals surface area contributed by atoms with Crippen LogP contribution in [0.5, 0.6) is 0 Å². The molecule has 0 spiro atoms. The van der Waals surface area contributed by atoms with Crippen LogP contribution >= 0.6 is 0 Å². The smallest absolute Gasteiger partial charge is 0.0933 e. The summed E-state index contributed by atoms with van der Waals surface area (Å²) in [5.74, 6) is 0. The number of nitrogens with one attached hydrogen (secondary N) is 1. The molecule has 3 aromatic rings. The Morgan fingerprint density at radius 1 is 1.15 bits per heavy atom. The number of anilines is 1. The number of benzene rings is 1. The molecule has 0 aliphatic carbocycles. The largest absolute Gasteiger partial charge is 0.379 e. The third-order valence-electron chi connectivity index (χ3n) is 3.41. The first-order valence-corrected chi connectivity index (χ1v) is 7.09. The van der Waals surface area contributed by atoms with Crippen molar-refractivity contribution >= 4 is 16.6 Å². The third-order valence-corrected chi connectivity index (χ3v) is 3.41. The average molecular weight is 265 g/mol. The number of rotatable bonds is 5. The fraction of sp³-hybridized carbons (Fsp3) is 0.235. The van der Waals surface area contributed by atoms with E-state index in [0.717, 1.165) is 30.7 Å². The molecule has 20 heavy (non-hydrogen) atoms. The lowest BCUT2D eigenvalue weighted by atomic mass is 10.2. The standard InChI is InChI=1S/C17H19N3/c1-2-10-20-11-8-14(13-20)12-19-16-7-3-5-15-6-4-9-18-17(15)16/h3-9,11,13,19H,2,10,12H2,1H3. The van der Waals surface area contributed by atoms with Gasteiger partial charge in [-0.15, -0.1) is 0 Å². The number of aromatic nitrogens is 2. The maximum atomic E-state index is 4.46. The molecule has 3 rings (SSSR count). The van der Waals surface area contributed by atoms with Crippen LogP contribution in [0.15, 0.2) is 55.0 Å². The van der Waals surface area contributed by atoms with Gasteiger partial charge in [0.1, 0.15) is 0 Å². The van der Waals surface area contributed by atoms with Gasteiger partial charge in [-0.05, 0) is 30.2 Å². The fourth-order valence-corrected chi connectivity index (χ4v) is 2.44. The number of fused-ring (bicyclic) bond motifs is 1. The molecule has 3 heteroatoms. The maximum absolute atomic E-state index is 4.46. The monoisotopic (exact) mass is 265 g/mol. The second kappa shape index (κ2) is 5.78. The van der Waals surface area contributed by atoms with Crippen LogP contribution in [0.2, 0.25) is 0 Å². The zero-order valence-electron chi connectivity index (χ0n) is 11.7. The summed E-state index contributed by atoms with van der Waals surface area (Å²) in [6.45, 7) is 4.10. The number of para-hydroxylation sites is 1. The highest BCUT2D eigenvalue weighted by molar-refractivity contribution is 5.90. The van der Waals surface area contributed by atoms with Crippen LogP contribution in [0.4, 0.5) is 5.69 Å². The molecule has 0 aliphatic rings. The fourth-order valence-electron chi connectivity index (χ4n) is 2.44. The van der Waals surface area contributed by atoms with E-state index >= 15 is 0 Å². The molecule has 0 atom stereocenters. The molecule has 1 aromatic carbocycles. The molecule has 0 bridgehead atoms. The third kappa shape index (κ3) is 2.67.